The zero-order valence-corrected chi connectivity index (χ0v) is 18.7. The number of rotatable bonds is 6. The van der Waals surface area contributed by atoms with E-state index in [-0.39, 0.29) is 28.8 Å². The van der Waals surface area contributed by atoms with Crippen molar-refractivity contribution >= 4 is 23.9 Å². The number of carboxylic acids is 1. The number of hydrogen-bond acceptors (Lipinski definition) is 5. The molecule has 4 rings (SSSR count). The molecule has 2 aliphatic rings. The highest BCUT2D eigenvalue weighted by molar-refractivity contribution is 6.08. The first-order valence-corrected chi connectivity index (χ1v) is 11.0. The van der Waals surface area contributed by atoms with Crippen molar-refractivity contribution in [2.75, 3.05) is 11.9 Å². The van der Waals surface area contributed by atoms with Gasteiger partial charge in [-0.05, 0) is 54.7 Å². The number of benzene rings is 2. The highest BCUT2D eigenvalue weighted by Gasteiger charge is 2.48. The maximum absolute atomic E-state index is 13.6. The van der Waals surface area contributed by atoms with Gasteiger partial charge in [0.1, 0.15) is 5.75 Å². The van der Waals surface area contributed by atoms with Crippen LogP contribution in [0.2, 0.25) is 0 Å². The summed E-state index contributed by atoms with van der Waals surface area (Å²) >= 11 is 0. The highest BCUT2D eigenvalue weighted by atomic mass is 19.4. The van der Waals surface area contributed by atoms with Crippen LogP contribution >= 0.6 is 0 Å². The van der Waals surface area contributed by atoms with Crippen LogP contribution in [0.25, 0.3) is 0 Å². The fraction of sp³-hybridized carbons (Fsp3) is 0.320. The number of carbonyl (C=O) groups excluding carboxylic acids is 2. The number of anilines is 1. The van der Waals surface area contributed by atoms with Gasteiger partial charge in [0.2, 0.25) is 0 Å². The Hall–Kier alpha value is -3.82. The number of aldehydes is 1. The number of alkyl halides is 3. The molecule has 0 radical (unpaired) electrons. The molecule has 1 amide bonds. The van der Waals surface area contributed by atoms with Crippen LogP contribution in [0.15, 0.2) is 59.8 Å². The zero-order valence-electron chi connectivity index (χ0n) is 18.7. The largest absolute Gasteiger partial charge is 0.573 e. The SMILES string of the molecule is CN/C(C=O)=C(/C(=O)O)C1c2ccccc2N(C(=O)c2ccc(OC(F)(F)F)cc2)C2CCCC12. The van der Waals surface area contributed by atoms with Crippen molar-refractivity contribution in [1.82, 2.24) is 5.32 Å². The third kappa shape index (κ3) is 4.60. The van der Waals surface area contributed by atoms with E-state index in [0.717, 1.165) is 18.6 Å². The summed E-state index contributed by atoms with van der Waals surface area (Å²) in [6, 6.07) is 11.3. The number of halogens is 3. The highest BCUT2D eigenvalue weighted by Crippen LogP contribution is 2.52. The molecule has 35 heavy (non-hydrogen) atoms. The number of allylic oxidation sites excluding steroid dienone is 1. The third-order valence-corrected chi connectivity index (χ3v) is 6.60. The van der Waals surface area contributed by atoms with Gasteiger partial charge in [-0.25, -0.2) is 4.79 Å². The molecular weight excluding hydrogens is 465 g/mol. The predicted molar refractivity (Wildman–Crippen MR) is 120 cm³/mol. The average Bonchev–Trinajstić information content (AvgIpc) is 3.29. The summed E-state index contributed by atoms with van der Waals surface area (Å²) in [6.07, 6.45) is -2.33. The molecule has 0 saturated heterocycles. The zero-order chi connectivity index (χ0) is 25.3. The maximum Gasteiger partial charge on any atom is 0.573 e. The van der Waals surface area contributed by atoms with Gasteiger partial charge in [0.15, 0.2) is 6.29 Å². The smallest absolute Gasteiger partial charge is 0.478 e. The number of para-hydroxylation sites is 1. The predicted octanol–water partition coefficient (Wildman–Crippen LogP) is 4.25. The molecule has 1 heterocycles. The summed E-state index contributed by atoms with van der Waals surface area (Å²) in [7, 11) is 1.48. The first kappa shape index (κ1) is 24.3. The lowest BCUT2D eigenvalue weighted by Crippen LogP contribution is -2.49. The fourth-order valence-corrected chi connectivity index (χ4v) is 5.30. The molecule has 0 aromatic heterocycles. The second-order valence-electron chi connectivity index (χ2n) is 8.45. The number of likely N-dealkylation sites (N-methyl/N-ethyl adjacent to an activating group) is 1. The number of carboxylic acid groups (broad SMARTS) is 1. The van der Waals surface area contributed by atoms with Gasteiger partial charge in [0.05, 0.1) is 11.3 Å². The van der Waals surface area contributed by atoms with Gasteiger partial charge < -0.3 is 20.1 Å². The molecule has 184 valence electrons. The van der Waals surface area contributed by atoms with Gasteiger partial charge in [0.25, 0.3) is 5.91 Å². The van der Waals surface area contributed by atoms with Gasteiger partial charge in [-0.15, -0.1) is 13.2 Å². The number of carbonyl (C=O) groups is 3. The molecule has 2 N–H and O–H groups in total. The Kier molecular flexibility index (Phi) is 6.56. The topological polar surface area (TPSA) is 95.9 Å². The molecule has 0 bridgehead atoms. The molecule has 1 aliphatic heterocycles. The van der Waals surface area contributed by atoms with E-state index >= 15 is 0 Å². The Labute approximate surface area is 199 Å². The standard InChI is InChI=1S/C25H23F3N2O5/c1-29-18(13-31)22(24(33)34)21-16-5-2-3-7-19(16)30(20-8-4-6-17(20)21)23(32)14-9-11-15(12-10-14)35-25(26,27)28/h2-3,5,7,9-13,17,20-21,29H,4,6,8H2,1H3,(H,33,34)/b22-18+. The van der Waals surface area contributed by atoms with Crippen LogP contribution in [-0.2, 0) is 9.59 Å². The molecule has 10 heteroatoms. The van der Waals surface area contributed by atoms with Crippen molar-refractivity contribution in [3.8, 4) is 5.75 Å². The lowest BCUT2D eigenvalue weighted by Gasteiger charge is -2.44. The summed E-state index contributed by atoms with van der Waals surface area (Å²) in [5.74, 6) is -2.92. The summed E-state index contributed by atoms with van der Waals surface area (Å²) in [5.41, 5.74) is 1.22. The fourth-order valence-electron chi connectivity index (χ4n) is 5.30. The second-order valence-corrected chi connectivity index (χ2v) is 8.45. The van der Waals surface area contributed by atoms with Crippen LogP contribution < -0.4 is 15.0 Å². The minimum absolute atomic E-state index is 0.0250. The molecule has 1 aliphatic carbocycles. The molecule has 2 aromatic carbocycles. The van der Waals surface area contributed by atoms with E-state index in [0.29, 0.717) is 30.4 Å². The molecular formula is C25H23F3N2O5. The number of nitrogens with zero attached hydrogens (tertiary/aromatic N) is 1. The Morgan fingerprint density at radius 3 is 2.40 bits per heavy atom. The van der Waals surface area contributed by atoms with Gasteiger partial charge in [-0.3, -0.25) is 9.59 Å². The van der Waals surface area contributed by atoms with E-state index in [1.54, 1.807) is 29.2 Å². The number of nitrogens with one attached hydrogen (secondary N) is 1. The Morgan fingerprint density at radius 1 is 1.11 bits per heavy atom. The van der Waals surface area contributed by atoms with E-state index in [1.807, 2.05) is 0 Å². The van der Waals surface area contributed by atoms with Crippen LogP contribution in [0.4, 0.5) is 18.9 Å². The Morgan fingerprint density at radius 2 is 1.80 bits per heavy atom. The van der Waals surface area contributed by atoms with Crippen LogP contribution in [0.3, 0.4) is 0 Å². The van der Waals surface area contributed by atoms with Crippen LogP contribution in [0.1, 0.15) is 41.1 Å². The van der Waals surface area contributed by atoms with Crippen molar-refractivity contribution in [3.05, 3.63) is 70.9 Å². The van der Waals surface area contributed by atoms with E-state index in [1.165, 1.54) is 19.2 Å². The normalized spacial score (nSPS) is 21.9. The lowest BCUT2D eigenvalue weighted by molar-refractivity contribution is -0.274. The minimum Gasteiger partial charge on any atom is -0.478 e. The Bertz CT molecular complexity index is 1180. The first-order chi connectivity index (χ1) is 16.7. The van der Waals surface area contributed by atoms with Gasteiger partial charge in [-0.1, -0.05) is 24.6 Å². The minimum atomic E-state index is -4.84. The van der Waals surface area contributed by atoms with Crippen LogP contribution in [0.5, 0.6) is 5.75 Å². The summed E-state index contributed by atoms with van der Waals surface area (Å²) in [4.78, 5) is 39.2. The summed E-state index contributed by atoms with van der Waals surface area (Å²) in [6.45, 7) is 0. The maximum atomic E-state index is 13.6. The monoisotopic (exact) mass is 488 g/mol. The molecule has 1 fully saturated rings. The third-order valence-electron chi connectivity index (χ3n) is 6.60. The van der Waals surface area contributed by atoms with Crippen molar-refractivity contribution in [2.24, 2.45) is 5.92 Å². The van der Waals surface area contributed by atoms with E-state index < -0.39 is 29.9 Å². The molecule has 2 aromatic rings. The van der Waals surface area contributed by atoms with Crippen LogP contribution in [0, 0.1) is 5.92 Å². The van der Waals surface area contributed by atoms with E-state index in [9.17, 15) is 32.7 Å². The molecule has 3 unspecified atom stereocenters. The van der Waals surface area contributed by atoms with Gasteiger partial charge in [-0.2, -0.15) is 0 Å². The molecule has 0 spiro atoms. The van der Waals surface area contributed by atoms with Crippen molar-refractivity contribution in [1.29, 1.82) is 0 Å². The van der Waals surface area contributed by atoms with E-state index in [4.69, 9.17) is 0 Å². The Balaban J connectivity index is 1.79. The number of ether oxygens (including phenoxy) is 1. The van der Waals surface area contributed by atoms with Crippen molar-refractivity contribution < 1.29 is 37.4 Å². The van der Waals surface area contributed by atoms with Gasteiger partial charge in [0, 0.05) is 30.3 Å². The van der Waals surface area contributed by atoms with Crippen molar-refractivity contribution in [2.45, 2.75) is 37.6 Å². The second kappa shape index (κ2) is 9.44. The quantitative estimate of drug-likeness (QED) is 0.466. The van der Waals surface area contributed by atoms with E-state index in [2.05, 4.69) is 10.1 Å². The van der Waals surface area contributed by atoms with Crippen LogP contribution in [-0.4, -0.2) is 42.7 Å². The van der Waals surface area contributed by atoms with Gasteiger partial charge >= 0.3 is 12.3 Å². The summed E-state index contributed by atoms with van der Waals surface area (Å²) < 4.78 is 41.4. The number of aliphatic carboxylic acids is 1. The lowest BCUT2D eigenvalue weighted by atomic mass is 9.73. The average molecular weight is 488 g/mol. The first-order valence-electron chi connectivity index (χ1n) is 11.0. The van der Waals surface area contributed by atoms with Crippen molar-refractivity contribution in [3.63, 3.8) is 0 Å². The number of hydrogen-bond donors (Lipinski definition) is 2. The molecule has 3 atom stereocenters. The number of amides is 1. The molecule has 7 nitrogen and oxygen atoms in total. The number of fused-ring (bicyclic) bond motifs is 2. The summed E-state index contributed by atoms with van der Waals surface area (Å²) in [5, 5.41) is 12.7. The molecule has 1 saturated carbocycles.